The van der Waals surface area contributed by atoms with E-state index in [0.29, 0.717) is 11.6 Å². The topological polar surface area (TPSA) is 68.2 Å². The summed E-state index contributed by atoms with van der Waals surface area (Å²) in [5, 5.41) is 3.84. The smallest absolute Gasteiger partial charge is 0.266 e. The van der Waals surface area contributed by atoms with Crippen LogP contribution in [0.3, 0.4) is 0 Å². The van der Waals surface area contributed by atoms with Gasteiger partial charge in [0.2, 0.25) is 0 Å². The quantitative estimate of drug-likeness (QED) is 0.843. The molecular formula is C12H15FN4O. The summed E-state index contributed by atoms with van der Waals surface area (Å²) in [5.74, 6) is 0.164. The van der Waals surface area contributed by atoms with Crippen molar-refractivity contribution in [3.05, 3.63) is 24.0 Å². The molecule has 2 rings (SSSR count). The lowest BCUT2D eigenvalue weighted by Gasteiger charge is -2.14. The fourth-order valence-corrected chi connectivity index (χ4v) is 1.67. The largest absolute Gasteiger partial charge is 0.399 e. The standard InChI is InChI=1S/C12H15FN4O/c1-3-17(4-2)12-15-11(18-16-12)9-7-8(14)5-6-10(9)13/h5-7H,3-4,14H2,1-2H3. The van der Waals surface area contributed by atoms with E-state index in [4.69, 9.17) is 10.3 Å². The van der Waals surface area contributed by atoms with E-state index in [1.165, 1.54) is 18.2 Å². The molecule has 1 aromatic heterocycles. The molecule has 1 aromatic carbocycles. The van der Waals surface area contributed by atoms with Crippen LogP contribution in [0.25, 0.3) is 11.5 Å². The number of rotatable bonds is 4. The Hall–Kier alpha value is -2.11. The number of nitrogen functional groups attached to an aromatic ring is 1. The zero-order chi connectivity index (χ0) is 13.1. The van der Waals surface area contributed by atoms with Gasteiger partial charge in [0.1, 0.15) is 5.82 Å². The Balaban J connectivity index is 2.37. The number of benzene rings is 1. The Kier molecular flexibility index (Phi) is 3.45. The van der Waals surface area contributed by atoms with Gasteiger partial charge in [-0.3, -0.25) is 0 Å². The average molecular weight is 250 g/mol. The second-order valence-corrected chi connectivity index (χ2v) is 3.81. The van der Waals surface area contributed by atoms with Gasteiger partial charge in [0.15, 0.2) is 0 Å². The lowest BCUT2D eigenvalue weighted by Crippen LogP contribution is -2.22. The van der Waals surface area contributed by atoms with Gasteiger partial charge in [-0.15, -0.1) is 0 Å². The maximum Gasteiger partial charge on any atom is 0.266 e. The van der Waals surface area contributed by atoms with Crippen molar-refractivity contribution in [3.8, 4) is 11.5 Å². The van der Waals surface area contributed by atoms with Crippen LogP contribution in [0.1, 0.15) is 13.8 Å². The molecule has 5 nitrogen and oxygen atoms in total. The summed E-state index contributed by atoms with van der Waals surface area (Å²) in [6.07, 6.45) is 0. The predicted octanol–water partition coefficient (Wildman–Crippen LogP) is 2.30. The van der Waals surface area contributed by atoms with Gasteiger partial charge in [-0.1, -0.05) is 0 Å². The molecule has 0 saturated heterocycles. The zero-order valence-electron chi connectivity index (χ0n) is 10.4. The van der Waals surface area contributed by atoms with Crippen LogP contribution in [0.15, 0.2) is 22.7 Å². The summed E-state index contributed by atoms with van der Waals surface area (Å²) >= 11 is 0. The van der Waals surface area contributed by atoms with Gasteiger partial charge in [-0.2, -0.15) is 4.98 Å². The maximum absolute atomic E-state index is 13.6. The molecule has 0 aliphatic carbocycles. The monoisotopic (exact) mass is 250 g/mol. The average Bonchev–Trinajstić information content (AvgIpc) is 2.83. The lowest BCUT2D eigenvalue weighted by molar-refractivity contribution is 0.427. The molecule has 2 N–H and O–H groups in total. The van der Waals surface area contributed by atoms with E-state index in [-0.39, 0.29) is 11.5 Å². The molecule has 0 amide bonds. The Morgan fingerprint density at radius 1 is 1.33 bits per heavy atom. The molecule has 96 valence electrons. The van der Waals surface area contributed by atoms with Crippen LogP contribution in [0.5, 0.6) is 0 Å². The van der Waals surface area contributed by atoms with E-state index >= 15 is 0 Å². The predicted molar refractivity (Wildman–Crippen MR) is 67.7 cm³/mol. The summed E-state index contributed by atoms with van der Waals surface area (Å²) in [4.78, 5) is 6.09. The van der Waals surface area contributed by atoms with Gasteiger partial charge >= 0.3 is 0 Å². The van der Waals surface area contributed by atoms with Crippen LogP contribution in [0.4, 0.5) is 16.0 Å². The highest BCUT2D eigenvalue weighted by atomic mass is 19.1. The molecule has 0 bridgehead atoms. The van der Waals surface area contributed by atoms with Crippen molar-refractivity contribution < 1.29 is 8.91 Å². The first-order chi connectivity index (χ1) is 8.65. The Morgan fingerprint density at radius 3 is 2.72 bits per heavy atom. The van der Waals surface area contributed by atoms with Gasteiger partial charge in [0.05, 0.1) is 5.56 Å². The van der Waals surface area contributed by atoms with Crippen molar-refractivity contribution in [1.82, 2.24) is 10.1 Å². The molecule has 2 aromatic rings. The van der Waals surface area contributed by atoms with E-state index < -0.39 is 5.82 Å². The lowest BCUT2D eigenvalue weighted by atomic mass is 10.2. The Labute approximate surface area is 104 Å². The molecule has 18 heavy (non-hydrogen) atoms. The van der Waals surface area contributed by atoms with Gasteiger partial charge in [-0.05, 0) is 37.2 Å². The third-order valence-corrected chi connectivity index (χ3v) is 2.68. The normalized spacial score (nSPS) is 10.6. The van der Waals surface area contributed by atoms with E-state index in [1.54, 1.807) is 0 Å². The minimum Gasteiger partial charge on any atom is -0.399 e. The molecule has 0 spiro atoms. The van der Waals surface area contributed by atoms with E-state index in [9.17, 15) is 4.39 Å². The van der Waals surface area contributed by atoms with Gasteiger partial charge in [0.25, 0.3) is 11.8 Å². The second kappa shape index (κ2) is 5.03. The molecule has 0 aliphatic heterocycles. The van der Waals surface area contributed by atoms with Crippen molar-refractivity contribution in [2.45, 2.75) is 13.8 Å². The van der Waals surface area contributed by atoms with Crippen LogP contribution in [0.2, 0.25) is 0 Å². The van der Waals surface area contributed by atoms with Crippen LogP contribution in [-0.4, -0.2) is 23.2 Å². The number of halogens is 1. The fraction of sp³-hybridized carbons (Fsp3) is 0.333. The first-order valence-corrected chi connectivity index (χ1v) is 5.79. The zero-order valence-corrected chi connectivity index (χ0v) is 10.4. The first kappa shape index (κ1) is 12.3. The molecule has 0 aliphatic rings. The van der Waals surface area contributed by atoms with E-state index in [1.807, 2.05) is 18.7 Å². The number of aromatic nitrogens is 2. The second-order valence-electron chi connectivity index (χ2n) is 3.81. The van der Waals surface area contributed by atoms with E-state index in [0.717, 1.165) is 13.1 Å². The van der Waals surface area contributed by atoms with Crippen LogP contribution in [0, 0.1) is 5.82 Å². The van der Waals surface area contributed by atoms with Crippen LogP contribution < -0.4 is 10.6 Å². The van der Waals surface area contributed by atoms with Gasteiger partial charge < -0.3 is 15.2 Å². The number of hydrogen-bond donors (Lipinski definition) is 1. The molecular weight excluding hydrogens is 235 g/mol. The van der Waals surface area contributed by atoms with Crippen molar-refractivity contribution in [2.24, 2.45) is 0 Å². The molecule has 0 fully saturated rings. The molecule has 0 unspecified atom stereocenters. The molecule has 1 heterocycles. The van der Waals surface area contributed by atoms with Crippen molar-refractivity contribution in [1.29, 1.82) is 0 Å². The van der Waals surface area contributed by atoms with Crippen molar-refractivity contribution in [2.75, 3.05) is 23.7 Å². The first-order valence-electron chi connectivity index (χ1n) is 5.79. The highest BCUT2D eigenvalue weighted by Crippen LogP contribution is 2.25. The Bertz CT molecular complexity index is 537. The molecule has 0 saturated carbocycles. The van der Waals surface area contributed by atoms with Gasteiger partial charge in [0, 0.05) is 18.8 Å². The third kappa shape index (κ3) is 2.27. The van der Waals surface area contributed by atoms with E-state index in [2.05, 4.69) is 10.1 Å². The number of nitrogens with two attached hydrogens (primary N) is 1. The fourth-order valence-electron chi connectivity index (χ4n) is 1.67. The molecule has 0 atom stereocenters. The molecule has 0 radical (unpaired) electrons. The van der Waals surface area contributed by atoms with Crippen molar-refractivity contribution in [3.63, 3.8) is 0 Å². The number of anilines is 2. The number of hydrogen-bond acceptors (Lipinski definition) is 5. The van der Waals surface area contributed by atoms with Gasteiger partial charge in [-0.25, -0.2) is 4.39 Å². The highest BCUT2D eigenvalue weighted by molar-refractivity contribution is 5.61. The minimum atomic E-state index is -0.432. The summed E-state index contributed by atoms with van der Waals surface area (Å²) in [7, 11) is 0. The Morgan fingerprint density at radius 2 is 2.06 bits per heavy atom. The summed E-state index contributed by atoms with van der Waals surface area (Å²) in [5.41, 5.74) is 6.29. The van der Waals surface area contributed by atoms with Crippen molar-refractivity contribution >= 4 is 11.6 Å². The summed E-state index contributed by atoms with van der Waals surface area (Å²) in [6.45, 7) is 5.49. The third-order valence-electron chi connectivity index (χ3n) is 2.68. The molecule has 6 heteroatoms. The minimum absolute atomic E-state index is 0.140. The van der Waals surface area contributed by atoms with Crippen LogP contribution >= 0.6 is 0 Å². The maximum atomic E-state index is 13.6. The number of nitrogens with zero attached hydrogens (tertiary/aromatic N) is 3. The highest BCUT2D eigenvalue weighted by Gasteiger charge is 2.16. The SMILES string of the molecule is CCN(CC)c1noc(-c2cc(N)ccc2F)n1. The summed E-state index contributed by atoms with van der Waals surface area (Å²) < 4.78 is 18.7. The van der Waals surface area contributed by atoms with Crippen LogP contribution in [-0.2, 0) is 0 Å². The summed E-state index contributed by atoms with van der Waals surface area (Å²) in [6, 6.07) is 4.25.